The van der Waals surface area contributed by atoms with Gasteiger partial charge in [-0.15, -0.1) is 23.1 Å². The fraction of sp³-hybridized carbons (Fsp3) is 0.765. The van der Waals surface area contributed by atoms with Gasteiger partial charge in [0.1, 0.15) is 10.4 Å². The second-order valence-electron chi connectivity index (χ2n) is 7.37. The van der Waals surface area contributed by atoms with Crippen LogP contribution in [0.25, 0.3) is 0 Å². The monoisotopic (exact) mass is 485 g/mol. The standard InChI is InChI=1S/C17H25BrFNO3S3/c1-10-2-5-12(8-15(10)21)20-26(22,23)16-9-14(18)17(25-16)24-13-6-3-11(19)4-7-13/h9-13,15,20-21H,2-8H2,1H3/t10?,11?,12?,13?,15-/m1/s1. The van der Waals surface area contributed by atoms with E-state index in [0.29, 0.717) is 28.7 Å². The first-order chi connectivity index (χ1) is 12.2. The Labute approximate surface area is 171 Å². The Hall–Kier alpha value is 0.330. The maximum atomic E-state index is 13.3. The van der Waals surface area contributed by atoms with Crippen LogP contribution in [0.2, 0.25) is 0 Å². The van der Waals surface area contributed by atoms with E-state index in [9.17, 15) is 17.9 Å². The van der Waals surface area contributed by atoms with Crippen LogP contribution in [0.3, 0.4) is 0 Å². The normalized spacial score (nSPS) is 33.3. The molecule has 0 bridgehead atoms. The molecule has 2 aliphatic carbocycles. The molecular weight excluding hydrogens is 461 g/mol. The van der Waals surface area contributed by atoms with Crippen molar-refractivity contribution < 1.29 is 17.9 Å². The van der Waals surface area contributed by atoms with Gasteiger partial charge in [0, 0.05) is 15.8 Å². The molecule has 2 N–H and O–H groups in total. The molecule has 0 spiro atoms. The molecule has 1 aromatic rings. The maximum Gasteiger partial charge on any atom is 0.250 e. The summed E-state index contributed by atoms with van der Waals surface area (Å²) in [4.78, 5) is 0. The van der Waals surface area contributed by atoms with Crippen molar-refractivity contribution in [1.29, 1.82) is 0 Å². The number of thioether (sulfide) groups is 1. The highest BCUT2D eigenvalue weighted by atomic mass is 79.9. The number of halogens is 2. The van der Waals surface area contributed by atoms with E-state index in [-0.39, 0.29) is 12.0 Å². The molecular formula is C17H25BrFNO3S3. The number of thiophene rings is 1. The van der Waals surface area contributed by atoms with E-state index < -0.39 is 22.3 Å². The van der Waals surface area contributed by atoms with Gasteiger partial charge >= 0.3 is 0 Å². The fourth-order valence-corrected chi connectivity index (χ4v) is 8.98. The summed E-state index contributed by atoms with van der Waals surface area (Å²) in [5.74, 6) is 0.217. The van der Waals surface area contributed by atoms with Gasteiger partial charge in [0.05, 0.1) is 10.3 Å². The average Bonchev–Trinajstić information content (AvgIpc) is 2.95. The third-order valence-corrected chi connectivity index (χ3v) is 11.1. The molecule has 2 aliphatic rings. The van der Waals surface area contributed by atoms with E-state index in [1.165, 1.54) is 11.3 Å². The van der Waals surface area contributed by atoms with Gasteiger partial charge in [-0.2, -0.15) is 0 Å². The van der Waals surface area contributed by atoms with Crippen molar-refractivity contribution in [3.63, 3.8) is 0 Å². The number of aliphatic hydroxyl groups is 1. The minimum Gasteiger partial charge on any atom is -0.393 e. The third-order valence-electron chi connectivity index (χ3n) is 5.25. The van der Waals surface area contributed by atoms with Crippen LogP contribution < -0.4 is 4.72 Å². The number of hydrogen-bond donors (Lipinski definition) is 2. The zero-order valence-corrected chi connectivity index (χ0v) is 18.7. The predicted molar refractivity (Wildman–Crippen MR) is 108 cm³/mol. The van der Waals surface area contributed by atoms with E-state index in [1.807, 2.05) is 6.92 Å². The van der Waals surface area contributed by atoms with Gasteiger partial charge < -0.3 is 5.11 Å². The largest absolute Gasteiger partial charge is 0.393 e. The number of nitrogens with one attached hydrogen (secondary N) is 1. The molecule has 2 saturated carbocycles. The van der Waals surface area contributed by atoms with Crippen LogP contribution >= 0.6 is 39.0 Å². The number of hydrogen-bond acceptors (Lipinski definition) is 5. The van der Waals surface area contributed by atoms with E-state index in [1.54, 1.807) is 17.8 Å². The molecule has 0 aromatic carbocycles. The lowest BCUT2D eigenvalue weighted by molar-refractivity contribution is 0.0679. The minimum absolute atomic E-state index is 0.217. The number of sulfonamides is 1. The molecule has 3 rings (SSSR count). The highest BCUT2D eigenvalue weighted by molar-refractivity contribution is 9.10. The Morgan fingerprint density at radius 2 is 1.96 bits per heavy atom. The molecule has 9 heteroatoms. The molecule has 1 heterocycles. The number of alkyl halides is 1. The van der Waals surface area contributed by atoms with E-state index in [0.717, 1.165) is 34.4 Å². The summed E-state index contributed by atoms with van der Waals surface area (Å²) in [5, 5.41) is 10.3. The zero-order chi connectivity index (χ0) is 18.9. The van der Waals surface area contributed by atoms with Gasteiger partial charge in [-0.05, 0) is 72.9 Å². The molecule has 0 radical (unpaired) electrons. The first kappa shape index (κ1) is 21.0. The summed E-state index contributed by atoms with van der Waals surface area (Å²) in [6.07, 6.45) is 3.73. The molecule has 0 amide bonds. The molecule has 148 valence electrons. The van der Waals surface area contributed by atoms with E-state index in [2.05, 4.69) is 20.7 Å². The lowest BCUT2D eigenvalue weighted by atomic mass is 9.85. The number of aliphatic hydroxyl groups excluding tert-OH is 1. The molecule has 0 saturated heterocycles. The topological polar surface area (TPSA) is 66.4 Å². The van der Waals surface area contributed by atoms with Crippen LogP contribution in [0.15, 0.2) is 19.0 Å². The highest BCUT2D eigenvalue weighted by Gasteiger charge is 2.31. The van der Waals surface area contributed by atoms with Gasteiger partial charge in [-0.3, -0.25) is 0 Å². The molecule has 2 unspecified atom stereocenters. The first-order valence-corrected chi connectivity index (χ1v) is 13.0. The van der Waals surface area contributed by atoms with Crippen molar-refractivity contribution in [3.05, 3.63) is 10.5 Å². The SMILES string of the molecule is CC1CCC(NS(=O)(=O)c2cc(Br)c(SC3CCC(F)CC3)s2)C[C@H]1O. The highest BCUT2D eigenvalue weighted by Crippen LogP contribution is 2.43. The first-order valence-electron chi connectivity index (χ1n) is 9.05. The molecule has 3 atom stereocenters. The quantitative estimate of drug-likeness (QED) is 0.633. The molecule has 4 nitrogen and oxygen atoms in total. The van der Waals surface area contributed by atoms with Crippen LogP contribution in [0, 0.1) is 5.92 Å². The van der Waals surface area contributed by atoms with Crippen molar-refractivity contribution >= 4 is 49.1 Å². The van der Waals surface area contributed by atoms with Crippen LogP contribution in [0.1, 0.15) is 51.9 Å². The summed E-state index contributed by atoms with van der Waals surface area (Å²) in [6.45, 7) is 1.99. The van der Waals surface area contributed by atoms with Crippen LogP contribution in [-0.4, -0.2) is 37.1 Å². The number of rotatable bonds is 5. The minimum atomic E-state index is -3.60. The summed E-state index contributed by atoms with van der Waals surface area (Å²) >= 11 is 6.38. The van der Waals surface area contributed by atoms with Gasteiger partial charge in [0.25, 0.3) is 0 Å². The summed E-state index contributed by atoms with van der Waals surface area (Å²) in [6, 6.07) is 1.43. The van der Waals surface area contributed by atoms with Crippen molar-refractivity contribution in [2.24, 2.45) is 5.92 Å². The Kier molecular flexibility index (Phi) is 7.11. The maximum absolute atomic E-state index is 13.3. The lowest BCUT2D eigenvalue weighted by Gasteiger charge is -2.31. The van der Waals surface area contributed by atoms with Gasteiger partial charge in [0.15, 0.2) is 0 Å². The Bertz CT molecular complexity index is 719. The lowest BCUT2D eigenvalue weighted by Crippen LogP contribution is -2.42. The molecule has 26 heavy (non-hydrogen) atoms. The summed E-state index contributed by atoms with van der Waals surface area (Å²) < 4.78 is 43.5. The molecule has 2 fully saturated rings. The van der Waals surface area contributed by atoms with Gasteiger partial charge in [0.2, 0.25) is 10.0 Å². The van der Waals surface area contributed by atoms with Crippen molar-refractivity contribution in [2.75, 3.05) is 0 Å². The second-order valence-corrected chi connectivity index (χ2v) is 12.8. The van der Waals surface area contributed by atoms with Gasteiger partial charge in [-0.1, -0.05) is 6.92 Å². The third kappa shape index (κ3) is 5.23. The molecule has 1 aromatic heterocycles. The van der Waals surface area contributed by atoms with Crippen LogP contribution in [-0.2, 0) is 10.0 Å². The van der Waals surface area contributed by atoms with Crippen LogP contribution in [0.4, 0.5) is 4.39 Å². The van der Waals surface area contributed by atoms with Crippen LogP contribution in [0.5, 0.6) is 0 Å². The smallest absolute Gasteiger partial charge is 0.250 e. The zero-order valence-electron chi connectivity index (χ0n) is 14.7. The van der Waals surface area contributed by atoms with Crippen molar-refractivity contribution in [1.82, 2.24) is 4.72 Å². The Morgan fingerprint density at radius 3 is 2.62 bits per heavy atom. The average molecular weight is 486 g/mol. The van der Waals surface area contributed by atoms with Crippen molar-refractivity contribution in [2.45, 2.75) is 83.9 Å². The summed E-state index contributed by atoms with van der Waals surface area (Å²) in [7, 11) is -3.60. The Balaban J connectivity index is 1.65. The fourth-order valence-electron chi connectivity index (χ4n) is 3.52. The Morgan fingerprint density at radius 1 is 1.27 bits per heavy atom. The molecule has 0 aliphatic heterocycles. The van der Waals surface area contributed by atoms with E-state index >= 15 is 0 Å². The van der Waals surface area contributed by atoms with Gasteiger partial charge in [-0.25, -0.2) is 17.5 Å². The second kappa shape index (κ2) is 8.78. The summed E-state index contributed by atoms with van der Waals surface area (Å²) in [5.41, 5.74) is 0. The predicted octanol–water partition coefficient (Wildman–Crippen LogP) is 4.71. The van der Waals surface area contributed by atoms with E-state index in [4.69, 9.17) is 0 Å². The van der Waals surface area contributed by atoms with Crippen molar-refractivity contribution in [3.8, 4) is 0 Å².